The van der Waals surface area contributed by atoms with Gasteiger partial charge in [-0.2, -0.15) is 0 Å². The van der Waals surface area contributed by atoms with Gasteiger partial charge in [-0.15, -0.1) is 0 Å². The van der Waals surface area contributed by atoms with Crippen LogP contribution in [0.15, 0.2) is 30.3 Å². The Morgan fingerprint density at radius 1 is 1.28 bits per heavy atom. The van der Waals surface area contributed by atoms with E-state index in [-0.39, 0.29) is 18.8 Å². The maximum atomic E-state index is 9.57. The van der Waals surface area contributed by atoms with E-state index in [1.54, 1.807) is 7.11 Å². The molecule has 0 heterocycles. The van der Waals surface area contributed by atoms with Crippen molar-refractivity contribution < 1.29 is 9.84 Å². The Morgan fingerprint density at radius 3 is 2.67 bits per heavy atom. The molecule has 0 aliphatic heterocycles. The molecule has 3 atom stereocenters. The van der Waals surface area contributed by atoms with Crippen LogP contribution in [-0.4, -0.2) is 31.0 Å². The Morgan fingerprint density at radius 2 is 2.00 bits per heavy atom. The Kier molecular flexibility index (Phi) is 5.17. The average Bonchev–Trinajstić information content (AvgIpc) is 2.46. The van der Waals surface area contributed by atoms with Gasteiger partial charge in [0, 0.05) is 13.2 Å². The zero-order valence-electron chi connectivity index (χ0n) is 11.0. The summed E-state index contributed by atoms with van der Waals surface area (Å²) in [6, 6.07) is 10.5. The lowest BCUT2D eigenvalue weighted by atomic mass is 9.91. The number of nitrogens with one attached hydrogen (secondary N) is 1. The van der Waals surface area contributed by atoms with E-state index < -0.39 is 0 Å². The lowest BCUT2D eigenvalue weighted by Crippen LogP contribution is -2.45. The number of hydrogen-bond donors (Lipinski definition) is 2. The first-order chi connectivity index (χ1) is 8.85. The second kappa shape index (κ2) is 6.88. The van der Waals surface area contributed by atoms with Gasteiger partial charge in [-0.3, -0.25) is 0 Å². The number of rotatable bonds is 5. The molecule has 1 aromatic carbocycles. The third-order valence-electron chi connectivity index (χ3n) is 3.81. The molecular weight excluding hydrogens is 226 g/mol. The van der Waals surface area contributed by atoms with Crippen molar-refractivity contribution in [2.24, 2.45) is 0 Å². The van der Waals surface area contributed by atoms with Crippen LogP contribution in [0.1, 0.15) is 37.3 Å². The summed E-state index contributed by atoms with van der Waals surface area (Å²) in [6.45, 7) is 0.122. The van der Waals surface area contributed by atoms with Gasteiger partial charge in [-0.1, -0.05) is 43.2 Å². The second-order valence-corrected chi connectivity index (χ2v) is 4.98. The number of methoxy groups -OCH3 is 1. The Hall–Kier alpha value is -0.900. The van der Waals surface area contributed by atoms with E-state index in [4.69, 9.17) is 4.74 Å². The van der Waals surface area contributed by atoms with E-state index in [9.17, 15) is 5.11 Å². The molecule has 1 aliphatic rings. The van der Waals surface area contributed by atoms with Gasteiger partial charge in [0.1, 0.15) is 0 Å². The zero-order valence-corrected chi connectivity index (χ0v) is 11.0. The molecule has 1 saturated carbocycles. The van der Waals surface area contributed by atoms with Gasteiger partial charge in [0.2, 0.25) is 0 Å². The highest BCUT2D eigenvalue weighted by Crippen LogP contribution is 2.23. The fourth-order valence-electron chi connectivity index (χ4n) is 2.77. The van der Waals surface area contributed by atoms with E-state index in [0.717, 1.165) is 18.4 Å². The molecule has 0 aromatic heterocycles. The highest BCUT2D eigenvalue weighted by Gasteiger charge is 2.27. The molecule has 1 aliphatic carbocycles. The van der Waals surface area contributed by atoms with Crippen LogP contribution in [0.25, 0.3) is 0 Å². The molecule has 3 nitrogen and oxygen atoms in total. The summed E-state index contributed by atoms with van der Waals surface area (Å²) in [5, 5.41) is 13.1. The molecule has 0 saturated heterocycles. The summed E-state index contributed by atoms with van der Waals surface area (Å²) in [6.07, 6.45) is 5.00. The molecular formula is C15H23NO2. The minimum Gasteiger partial charge on any atom is -0.394 e. The maximum absolute atomic E-state index is 9.57. The third-order valence-corrected chi connectivity index (χ3v) is 3.81. The van der Waals surface area contributed by atoms with E-state index >= 15 is 0 Å². The molecule has 2 N–H and O–H groups in total. The number of ether oxygens (including phenoxy) is 1. The summed E-state index contributed by atoms with van der Waals surface area (Å²) < 4.78 is 5.54. The fraction of sp³-hybridized carbons (Fsp3) is 0.600. The van der Waals surface area contributed by atoms with Crippen LogP contribution in [0, 0.1) is 0 Å². The fourth-order valence-corrected chi connectivity index (χ4v) is 2.77. The Balaban J connectivity index is 2.01. The van der Waals surface area contributed by atoms with Gasteiger partial charge >= 0.3 is 0 Å². The Labute approximate surface area is 109 Å². The van der Waals surface area contributed by atoms with Gasteiger partial charge in [-0.25, -0.2) is 0 Å². The molecule has 0 radical (unpaired) electrons. The summed E-state index contributed by atoms with van der Waals surface area (Å²) in [5.74, 6) is 0. The minimum absolute atomic E-state index is 0.00644. The SMILES string of the molecule is COC1CCCCC1N[C@H](CO)c1ccccc1. The average molecular weight is 249 g/mol. The molecule has 0 bridgehead atoms. The molecule has 100 valence electrons. The van der Waals surface area contributed by atoms with E-state index in [0.29, 0.717) is 6.04 Å². The van der Waals surface area contributed by atoms with Gasteiger partial charge in [0.25, 0.3) is 0 Å². The first-order valence-corrected chi connectivity index (χ1v) is 6.79. The van der Waals surface area contributed by atoms with Crippen LogP contribution in [0.3, 0.4) is 0 Å². The predicted octanol–water partition coefficient (Wildman–Crippen LogP) is 2.27. The van der Waals surface area contributed by atoms with Crippen LogP contribution in [0.5, 0.6) is 0 Å². The van der Waals surface area contributed by atoms with Gasteiger partial charge in [0.05, 0.1) is 18.8 Å². The number of aliphatic hydroxyl groups is 1. The molecule has 0 spiro atoms. The normalized spacial score (nSPS) is 25.9. The van der Waals surface area contributed by atoms with E-state index in [1.165, 1.54) is 12.8 Å². The second-order valence-electron chi connectivity index (χ2n) is 4.98. The van der Waals surface area contributed by atoms with Gasteiger partial charge in [-0.05, 0) is 18.4 Å². The Bertz CT molecular complexity index is 342. The molecule has 3 heteroatoms. The predicted molar refractivity (Wildman–Crippen MR) is 72.5 cm³/mol. The third kappa shape index (κ3) is 3.31. The van der Waals surface area contributed by atoms with Gasteiger partial charge in [0.15, 0.2) is 0 Å². The summed E-state index contributed by atoms with van der Waals surface area (Å²) in [7, 11) is 1.78. The van der Waals surface area contributed by atoms with Crippen LogP contribution < -0.4 is 5.32 Å². The minimum atomic E-state index is 0.00644. The van der Waals surface area contributed by atoms with Crippen LogP contribution in [0.4, 0.5) is 0 Å². The van der Waals surface area contributed by atoms with Crippen LogP contribution in [-0.2, 0) is 4.74 Å². The van der Waals surface area contributed by atoms with Crippen molar-refractivity contribution in [3.63, 3.8) is 0 Å². The number of aliphatic hydroxyl groups excluding tert-OH is 1. The number of hydrogen-bond acceptors (Lipinski definition) is 3. The molecule has 1 aromatic rings. The monoisotopic (exact) mass is 249 g/mol. The van der Waals surface area contributed by atoms with Crippen molar-refractivity contribution in [3.8, 4) is 0 Å². The van der Waals surface area contributed by atoms with Crippen molar-refractivity contribution >= 4 is 0 Å². The molecule has 1 fully saturated rings. The van der Waals surface area contributed by atoms with Crippen molar-refractivity contribution in [2.75, 3.05) is 13.7 Å². The van der Waals surface area contributed by atoms with Crippen LogP contribution >= 0.6 is 0 Å². The zero-order chi connectivity index (χ0) is 12.8. The lowest BCUT2D eigenvalue weighted by molar-refractivity contribution is 0.0342. The summed E-state index contributed by atoms with van der Waals surface area (Å²) >= 11 is 0. The molecule has 2 unspecified atom stereocenters. The number of benzene rings is 1. The van der Waals surface area contributed by atoms with Crippen molar-refractivity contribution in [2.45, 2.75) is 43.9 Å². The summed E-state index contributed by atoms with van der Waals surface area (Å²) in [5.41, 5.74) is 1.14. The van der Waals surface area contributed by atoms with Crippen molar-refractivity contribution in [1.82, 2.24) is 5.32 Å². The van der Waals surface area contributed by atoms with E-state index in [1.807, 2.05) is 18.2 Å². The first kappa shape index (κ1) is 13.5. The standard InChI is InChI=1S/C15H23NO2/c1-18-15-10-6-5-9-13(15)16-14(11-17)12-7-3-2-4-8-12/h2-4,7-8,13-17H,5-6,9-11H2,1H3/t13?,14-,15?/m1/s1. The van der Waals surface area contributed by atoms with Gasteiger partial charge < -0.3 is 15.2 Å². The van der Waals surface area contributed by atoms with Crippen molar-refractivity contribution in [1.29, 1.82) is 0 Å². The highest BCUT2D eigenvalue weighted by molar-refractivity contribution is 5.19. The maximum Gasteiger partial charge on any atom is 0.0724 e. The molecule has 18 heavy (non-hydrogen) atoms. The first-order valence-electron chi connectivity index (χ1n) is 6.79. The largest absolute Gasteiger partial charge is 0.394 e. The van der Waals surface area contributed by atoms with E-state index in [2.05, 4.69) is 17.4 Å². The molecule has 2 rings (SSSR count). The topological polar surface area (TPSA) is 41.5 Å². The van der Waals surface area contributed by atoms with Crippen LogP contribution in [0.2, 0.25) is 0 Å². The molecule has 0 amide bonds. The highest BCUT2D eigenvalue weighted by atomic mass is 16.5. The quantitative estimate of drug-likeness (QED) is 0.841. The lowest BCUT2D eigenvalue weighted by Gasteiger charge is -2.34. The van der Waals surface area contributed by atoms with Crippen molar-refractivity contribution in [3.05, 3.63) is 35.9 Å². The smallest absolute Gasteiger partial charge is 0.0724 e. The summed E-state index contributed by atoms with van der Waals surface area (Å²) in [4.78, 5) is 0.